The molecule has 27 heavy (non-hydrogen) atoms. The molecule has 0 amide bonds. The Bertz CT molecular complexity index is 894. The number of hydrogen-bond acceptors (Lipinski definition) is 6. The van der Waals surface area contributed by atoms with Crippen LogP contribution in [0, 0.1) is 0 Å². The summed E-state index contributed by atoms with van der Waals surface area (Å²) in [5.41, 5.74) is 3.38. The Morgan fingerprint density at radius 2 is 2.19 bits per heavy atom. The summed E-state index contributed by atoms with van der Waals surface area (Å²) in [6.45, 7) is 2.58. The van der Waals surface area contributed by atoms with Gasteiger partial charge in [-0.15, -0.1) is 0 Å². The molecule has 1 unspecified atom stereocenters. The van der Waals surface area contributed by atoms with Gasteiger partial charge in [0.05, 0.1) is 17.9 Å². The van der Waals surface area contributed by atoms with Crippen LogP contribution in [0.15, 0.2) is 23.1 Å². The summed E-state index contributed by atoms with van der Waals surface area (Å²) in [7, 11) is 0. The van der Waals surface area contributed by atoms with Gasteiger partial charge in [-0.1, -0.05) is 0 Å². The first kappa shape index (κ1) is 17.4. The third-order valence-corrected chi connectivity index (χ3v) is 6.84. The van der Waals surface area contributed by atoms with Crippen LogP contribution in [0.1, 0.15) is 54.4 Å². The zero-order valence-corrected chi connectivity index (χ0v) is 16.3. The van der Waals surface area contributed by atoms with Crippen LogP contribution in [-0.4, -0.2) is 43.0 Å². The second-order valence-electron chi connectivity index (χ2n) is 7.89. The summed E-state index contributed by atoms with van der Waals surface area (Å²) in [6.07, 6.45) is 7.60. The van der Waals surface area contributed by atoms with Crippen molar-refractivity contribution in [3.8, 4) is 0 Å². The molecule has 2 fully saturated rings. The summed E-state index contributed by atoms with van der Waals surface area (Å²) < 4.78 is 1.70. The van der Waals surface area contributed by atoms with Crippen LogP contribution in [0.4, 0.5) is 0 Å². The number of aryl methyl sites for hydroxylation is 1. The number of aromatic nitrogens is 4. The summed E-state index contributed by atoms with van der Waals surface area (Å²) in [6, 6.07) is 4.19. The maximum absolute atomic E-state index is 12.5. The second-order valence-corrected chi connectivity index (χ2v) is 8.99. The summed E-state index contributed by atoms with van der Waals surface area (Å²) in [4.78, 5) is 24.2. The highest BCUT2D eigenvalue weighted by molar-refractivity contribution is 7.98. The Kier molecular flexibility index (Phi) is 4.73. The molecule has 0 spiro atoms. The van der Waals surface area contributed by atoms with Gasteiger partial charge < -0.3 is 0 Å². The lowest BCUT2D eigenvalue weighted by molar-refractivity contribution is 0.213. The molecule has 142 valence electrons. The Morgan fingerprint density at radius 3 is 3.07 bits per heavy atom. The molecule has 1 atom stereocenters. The molecule has 7 heteroatoms. The standard InChI is InChI=1S/C20H25N5OS/c26-19-10-15-13-27-9-6-18(15)23-25(19)12-17-2-1-8-24(17)11-16-5-7-21-20(22-16)14-3-4-14/h5,7,10,14,17H,1-4,6,8-9,11-13H2. The fourth-order valence-electron chi connectivity index (χ4n) is 4.14. The van der Waals surface area contributed by atoms with E-state index in [2.05, 4.69) is 9.88 Å². The minimum Gasteiger partial charge on any atom is -0.293 e. The van der Waals surface area contributed by atoms with E-state index in [0.29, 0.717) is 18.5 Å². The summed E-state index contributed by atoms with van der Waals surface area (Å²) in [5.74, 6) is 3.61. The van der Waals surface area contributed by atoms with Gasteiger partial charge in [0.25, 0.3) is 5.56 Å². The highest BCUT2D eigenvalue weighted by atomic mass is 32.2. The van der Waals surface area contributed by atoms with E-state index in [-0.39, 0.29) is 5.56 Å². The van der Waals surface area contributed by atoms with Crippen molar-refractivity contribution in [2.75, 3.05) is 12.3 Å². The third-order valence-electron chi connectivity index (χ3n) is 5.83. The third kappa shape index (κ3) is 3.80. The summed E-state index contributed by atoms with van der Waals surface area (Å²) >= 11 is 1.89. The van der Waals surface area contributed by atoms with Crippen molar-refractivity contribution < 1.29 is 0 Å². The molecule has 6 nitrogen and oxygen atoms in total. The molecular formula is C20H25N5OS. The monoisotopic (exact) mass is 383 g/mol. The molecular weight excluding hydrogens is 358 g/mol. The molecule has 0 aromatic carbocycles. The lowest BCUT2D eigenvalue weighted by atomic mass is 10.2. The Morgan fingerprint density at radius 1 is 1.26 bits per heavy atom. The lowest BCUT2D eigenvalue weighted by Gasteiger charge is -2.25. The van der Waals surface area contributed by atoms with Crippen molar-refractivity contribution in [3.63, 3.8) is 0 Å². The molecule has 1 saturated heterocycles. The molecule has 0 bridgehead atoms. The van der Waals surface area contributed by atoms with Gasteiger partial charge in [-0.05, 0) is 49.6 Å². The van der Waals surface area contributed by atoms with Crippen molar-refractivity contribution in [3.05, 3.63) is 51.5 Å². The van der Waals surface area contributed by atoms with E-state index in [4.69, 9.17) is 10.1 Å². The SMILES string of the molecule is O=c1cc2c(nn1CC1CCCN1Cc1ccnc(C3CC3)n1)CCSC2. The van der Waals surface area contributed by atoms with Crippen LogP contribution in [0.25, 0.3) is 0 Å². The quantitative estimate of drug-likeness (QED) is 0.790. The van der Waals surface area contributed by atoms with Gasteiger partial charge in [-0.2, -0.15) is 16.9 Å². The predicted octanol–water partition coefficient (Wildman–Crippen LogP) is 2.36. The van der Waals surface area contributed by atoms with Crippen molar-refractivity contribution >= 4 is 11.8 Å². The van der Waals surface area contributed by atoms with Gasteiger partial charge in [0.1, 0.15) is 5.82 Å². The molecule has 0 radical (unpaired) electrons. The molecule has 5 rings (SSSR count). The lowest BCUT2D eigenvalue weighted by Crippen LogP contribution is -2.37. The van der Waals surface area contributed by atoms with Crippen molar-refractivity contribution in [1.82, 2.24) is 24.6 Å². The molecule has 3 aliphatic rings. The average molecular weight is 384 g/mol. The fourth-order valence-corrected chi connectivity index (χ4v) is 5.09. The smallest absolute Gasteiger partial charge is 0.267 e. The number of likely N-dealkylation sites (tertiary alicyclic amines) is 1. The fraction of sp³-hybridized carbons (Fsp3) is 0.600. The van der Waals surface area contributed by atoms with Crippen molar-refractivity contribution in [1.29, 1.82) is 0 Å². The van der Waals surface area contributed by atoms with E-state index in [1.165, 1.54) is 19.3 Å². The van der Waals surface area contributed by atoms with Crippen LogP contribution in [0.5, 0.6) is 0 Å². The Balaban J connectivity index is 1.31. The predicted molar refractivity (Wildman–Crippen MR) is 106 cm³/mol. The average Bonchev–Trinajstić information content (AvgIpc) is 3.45. The van der Waals surface area contributed by atoms with Gasteiger partial charge in [0.15, 0.2) is 0 Å². The summed E-state index contributed by atoms with van der Waals surface area (Å²) in [5, 5.41) is 4.70. The highest BCUT2D eigenvalue weighted by Gasteiger charge is 2.29. The first-order valence-corrected chi connectivity index (χ1v) is 11.2. The van der Waals surface area contributed by atoms with Crippen LogP contribution in [0.2, 0.25) is 0 Å². The van der Waals surface area contributed by atoms with Gasteiger partial charge >= 0.3 is 0 Å². The van der Waals surface area contributed by atoms with Crippen LogP contribution in [0.3, 0.4) is 0 Å². The topological polar surface area (TPSA) is 63.9 Å². The van der Waals surface area contributed by atoms with Crippen LogP contribution < -0.4 is 5.56 Å². The van der Waals surface area contributed by atoms with E-state index in [0.717, 1.165) is 60.2 Å². The van der Waals surface area contributed by atoms with E-state index >= 15 is 0 Å². The molecule has 4 heterocycles. The Hall–Kier alpha value is -1.73. The van der Waals surface area contributed by atoms with Crippen molar-refractivity contribution in [2.45, 2.75) is 62.9 Å². The number of thioether (sulfide) groups is 1. The van der Waals surface area contributed by atoms with E-state index in [1.807, 2.05) is 24.0 Å². The largest absolute Gasteiger partial charge is 0.293 e. The first-order chi connectivity index (χ1) is 13.3. The minimum atomic E-state index is 0.0427. The van der Waals surface area contributed by atoms with Crippen molar-refractivity contribution in [2.24, 2.45) is 0 Å². The molecule has 2 aliphatic heterocycles. The van der Waals surface area contributed by atoms with E-state index < -0.39 is 0 Å². The van der Waals surface area contributed by atoms with Gasteiger partial charge in [0.2, 0.25) is 0 Å². The van der Waals surface area contributed by atoms with Crippen LogP contribution in [-0.2, 0) is 25.3 Å². The molecule has 1 saturated carbocycles. The highest BCUT2D eigenvalue weighted by Crippen LogP contribution is 2.37. The number of nitrogens with zero attached hydrogens (tertiary/aromatic N) is 5. The van der Waals surface area contributed by atoms with Gasteiger partial charge in [-0.25, -0.2) is 14.6 Å². The van der Waals surface area contributed by atoms with Gasteiger partial charge in [0, 0.05) is 42.9 Å². The molecule has 0 N–H and O–H groups in total. The van der Waals surface area contributed by atoms with E-state index in [1.54, 1.807) is 10.7 Å². The van der Waals surface area contributed by atoms with E-state index in [9.17, 15) is 4.79 Å². The maximum atomic E-state index is 12.5. The molecule has 2 aromatic heterocycles. The first-order valence-electron chi connectivity index (χ1n) is 10.00. The normalized spacial score (nSPS) is 22.7. The van der Waals surface area contributed by atoms with Gasteiger partial charge in [-0.3, -0.25) is 9.69 Å². The second kappa shape index (κ2) is 7.36. The zero-order valence-electron chi connectivity index (χ0n) is 15.5. The Labute approximate surface area is 163 Å². The zero-order chi connectivity index (χ0) is 18.2. The molecule has 1 aliphatic carbocycles. The number of hydrogen-bond donors (Lipinski definition) is 0. The molecule has 2 aromatic rings. The van der Waals surface area contributed by atoms with Crippen LogP contribution >= 0.6 is 11.8 Å². The number of rotatable bonds is 5. The maximum Gasteiger partial charge on any atom is 0.267 e. The minimum absolute atomic E-state index is 0.0427. The number of fused-ring (bicyclic) bond motifs is 1.